The van der Waals surface area contributed by atoms with Crippen molar-refractivity contribution in [1.82, 2.24) is 4.90 Å². The quantitative estimate of drug-likeness (QED) is 0.512. The van der Waals surface area contributed by atoms with Gasteiger partial charge in [0.15, 0.2) is 0 Å². The van der Waals surface area contributed by atoms with Gasteiger partial charge in [-0.1, -0.05) is 0 Å². The first-order valence-electron chi connectivity index (χ1n) is 3.66. The third-order valence-corrected chi connectivity index (χ3v) is 2.25. The first-order valence-corrected chi connectivity index (χ1v) is 3.66. The van der Waals surface area contributed by atoms with Gasteiger partial charge in [0.1, 0.15) is 0 Å². The molecule has 0 radical (unpaired) electrons. The van der Waals surface area contributed by atoms with Crippen LogP contribution in [0.2, 0.25) is 0 Å². The highest BCUT2D eigenvalue weighted by Gasteiger charge is 2.18. The number of likely N-dealkylation sites (tertiary alicyclic amines) is 1. The van der Waals surface area contributed by atoms with Gasteiger partial charge in [-0.25, -0.2) is 0 Å². The van der Waals surface area contributed by atoms with Crippen LogP contribution in [-0.4, -0.2) is 30.6 Å². The Morgan fingerprint density at radius 2 is 2.22 bits per heavy atom. The van der Waals surface area contributed by atoms with Crippen molar-refractivity contribution in [3.8, 4) is 0 Å². The number of nitrogens with two attached hydrogens (primary N) is 1. The van der Waals surface area contributed by atoms with Gasteiger partial charge in [0, 0.05) is 12.1 Å². The zero-order valence-electron chi connectivity index (χ0n) is 6.30. The summed E-state index contributed by atoms with van der Waals surface area (Å²) in [6.45, 7) is 3.40. The largest absolute Gasteiger partial charge is 0.328 e. The summed E-state index contributed by atoms with van der Waals surface area (Å²) in [5.41, 5.74) is 5.76. The van der Waals surface area contributed by atoms with E-state index in [-0.39, 0.29) is 0 Å². The maximum Gasteiger partial charge on any atom is 0.00786 e. The number of hydrogen-bond donors (Lipinski definition) is 1. The number of rotatable bonds is 0. The van der Waals surface area contributed by atoms with Crippen molar-refractivity contribution in [3.63, 3.8) is 0 Å². The summed E-state index contributed by atoms with van der Waals surface area (Å²) >= 11 is 0. The van der Waals surface area contributed by atoms with Crippen molar-refractivity contribution >= 4 is 0 Å². The molecular weight excluding hydrogens is 112 g/mol. The molecule has 9 heavy (non-hydrogen) atoms. The Morgan fingerprint density at radius 1 is 1.56 bits per heavy atom. The van der Waals surface area contributed by atoms with Crippen LogP contribution in [-0.2, 0) is 0 Å². The van der Waals surface area contributed by atoms with Crippen molar-refractivity contribution in [3.05, 3.63) is 0 Å². The van der Waals surface area contributed by atoms with Crippen LogP contribution in [0.1, 0.15) is 19.8 Å². The van der Waals surface area contributed by atoms with E-state index in [1.807, 2.05) is 0 Å². The first kappa shape index (κ1) is 7.03. The van der Waals surface area contributed by atoms with Crippen molar-refractivity contribution in [2.24, 2.45) is 5.73 Å². The molecule has 54 valence electrons. The highest BCUT2D eigenvalue weighted by atomic mass is 15.1. The minimum absolute atomic E-state index is 0.455. The van der Waals surface area contributed by atoms with Crippen LogP contribution >= 0.6 is 0 Å². The Kier molecular flexibility index (Phi) is 2.09. The van der Waals surface area contributed by atoms with E-state index in [1.165, 1.54) is 13.0 Å². The van der Waals surface area contributed by atoms with Crippen molar-refractivity contribution in [2.45, 2.75) is 31.8 Å². The summed E-state index contributed by atoms with van der Waals surface area (Å²) in [5, 5.41) is 0. The zero-order valence-corrected chi connectivity index (χ0v) is 6.30. The van der Waals surface area contributed by atoms with Gasteiger partial charge in [0.25, 0.3) is 0 Å². The normalized spacial score (nSPS) is 39.0. The van der Waals surface area contributed by atoms with Gasteiger partial charge in [-0.3, -0.25) is 0 Å². The van der Waals surface area contributed by atoms with Crippen LogP contribution in [0, 0.1) is 0 Å². The minimum Gasteiger partial charge on any atom is -0.328 e. The van der Waals surface area contributed by atoms with Gasteiger partial charge in [-0.15, -0.1) is 0 Å². The molecule has 0 saturated carbocycles. The van der Waals surface area contributed by atoms with Crippen LogP contribution in [0.4, 0.5) is 0 Å². The van der Waals surface area contributed by atoms with E-state index in [1.54, 1.807) is 0 Å². The molecule has 2 N–H and O–H groups in total. The second-order valence-electron chi connectivity index (χ2n) is 3.11. The summed E-state index contributed by atoms with van der Waals surface area (Å²) in [5.74, 6) is 0. The van der Waals surface area contributed by atoms with E-state index in [0.29, 0.717) is 12.1 Å². The second-order valence-corrected chi connectivity index (χ2v) is 3.11. The molecule has 0 aliphatic carbocycles. The average molecular weight is 128 g/mol. The molecule has 0 aromatic rings. The average Bonchev–Trinajstić information content (AvgIpc) is 1.80. The van der Waals surface area contributed by atoms with Crippen LogP contribution < -0.4 is 5.73 Å². The van der Waals surface area contributed by atoms with E-state index < -0.39 is 0 Å². The van der Waals surface area contributed by atoms with Crippen molar-refractivity contribution < 1.29 is 0 Å². The number of nitrogens with zero attached hydrogens (tertiary/aromatic N) is 1. The molecule has 0 spiro atoms. The Labute approximate surface area is 57.0 Å². The van der Waals surface area contributed by atoms with Gasteiger partial charge >= 0.3 is 0 Å². The molecule has 1 heterocycles. The third kappa shape index (κ3) is 1.66. The van der Waals surface area contributed by atoms with E-state index >= 15 is 0 Å². The summed E-state index contributed by atoms with van der Waals surface area (Å²) in [7, 11) is 2.16. The van der Waals surface area contributed by atoms with E-state index in [0.717, 1.165) is 6.42 Å². The predicted octanol–water partition coefficient (Wildman–Crippen LogP) is 0.428. The Hall–Kier alpha value is -0.0800. The van der Waals surface area contributed by atoms with Crippen molar-refractivity contribution in [1.29, 1.82) is 0 Å². The summed E-state index contributed by atoms with van der Waals surface area (Å²) in [4.78, 5) is 2.36. The molecule has 1 aliphatic rings. The minimum atomic E-state index is 0.455. The van der Waals surface area contributed by atoms with Crippen LogP contribution in [0.3, 0.4) is 0 Å². The topological polar surface area (TPSA) is 29.3 Å². The zero-order chi connectivity index (χ0) is 6.85. The molecule has 2 atom stereocenters. The molecule has 0 bridgehead atoms. The van der Waals surface area contributed by atoms with E-state index in [9.17, 15) is 0 Å². The maximum atomic E-state index is 5.76. The molecule has 0 amide bonds. The standard InChI is InChI=1S/C7H16N2/c1-6-5-7(8)3-4-9(6)2/h6-7H,3-5,8H2,1-2H3/t6-,7?/m1/s1. The molecule has 1 unspecified atom stereocenters. The lowest BCUT2D eigenvalue weighted by Gasteiger charge is -2.33. The molecule has 2 heteroatoms. The monoisotopic (exact) mass is 128 g/mol. The fraction of sp³-hybridized carbons (Fsp3) is 1.00. The first-order chi connectivity index (χ1) is 4.20. The lowest BCUT2D eigenvalue weighted by Crippen LogP contribution is -2.43. The smallest absolute Gasteiger partial charge is 0.00786 e. The lowest BCUT2D eigenvalue weighted by atomic mass is 10.0. The number of hydrogen-bond acceptors (Lipinski definition) is 2. The van der Waals surface area contributed by atoms with Crippen LogP contribution in [0.25, 0.3) is 0 Å². The SMILES string of the molecule is C[C@@H]1CC(N)CCN1C. The Bertz CT molecular complexity index is 92.9. The van der Waals surface area contributed by atoms with Crippen molar-refractivity contribution in [2.75, 3.05) is 13.6 Å². The van der Waals surface area contributed by atoms with Crippen LogP contribution in [0.15, 0.2) is 0 Å². The van der Waals surface area contributed by atoms with E-state index in [2.05, 4.69) is 18.9 Å². The summed E-state index contributed by atoms with van der Waals surface area (Å²) in [6.07, 6.45) is 2.33. The third-order valence-electron chi connectivity index (χ3n) is 2.25. The summed E-state index contributed by atoms with van der Waals surface area (Å²) < 4.78 is 0. The van der Waals surface area contributed by atoms with Gasteiger partial charge in [0.2, 0.25) is 0 Å². The maximum absolute atomic E-state index is 5.76. The molecule has 1 fully saturated rings. The lowest BCUT2D eigenvalue weighted by molar-refractivity contribution is 0.184. The molecule has 1 aliphatic heterocycles. The molecule has 0 aromatic heterocycles. The van der Waals surface area contributed by atoms with E-state index in [4.69, 9.17) is 5.73 Å². The fourth-order valence-electron chi connectivity index (χ4n) is 1.33. The highest BCUT2D eigenvalue weighted by Crippen LogP contribution is 2.12. The number of piperidine rings is 1. The molecular formula is C7H16N2. The van der Waals surface area contributed by atoms with Crippen LogP contribution in [0.5, 0.6) is 0 Å². The molecule has 0 aromatic carbocycles. The molecule has 1 rings (SSSR count). The van der Waals surface area contributed by atoms with Gasteiger partial charge in [-0.05, 0) is 33.4 Å². The molecule has 2 nitrogen and oxygen atoms in total. The summed E-state index contributed by atoms with van der Waals surface area (Å²) in [6, 6.07) is 1.14. The second kappa shape index (κ2) is 2.67. The fourth-order valence-corrected chi connectivity index (χ4v) is 1.33. The van der Waals surface area contributed by atoms with Gasteiger partial charge in [-0.2, -0.15) is 0 Å². The van der Waals surface area contributed by atoms with Gasteiger partial charge in [0.05, 0.1) is 0 Å². The Balaban J connectivity index is 2.35. The van der Waals surface area contributed by atoms with Gasteiger partial charge < -0.3 is 10.6 Å². The Morgan fingerprint density at radius 3 is 2.67 bits per heavy atom. The highest BCUT2D eigenvalue weighted by molar-refractivity contribution is 4.78. The molecule has 1 saturated heterocycles. The predicted molar refractivity (Wildman–Crippen MR) is 39.3 cm³/mol.